The minimum Gasteiger partial charge on any atom is -0.493 e. The molecule has 1 heterocycles. The number of alkyl halides is 1. The number of carbonyl (C=O) groups is 1. The molecule has 0 fully saturated rings. The van der Waals surface area contributed by atoms with E-state index in [0.717, 1.165) is 0 Å². The zero-order valence-electron chi connectivity index (χ0n) is 8.89. The Labute approximate surface area is 92.9 Å². The summed E-state index contributed by atoms with van der Waals surface area (Å²) in [7, 11) is 0. The molecule has 2 rings (SSSR count). The normalized spacial score (nSPS) is 25.4. The molecule has 1 N–H and O–H groups in total. The molecule has 3 atom stereocenters. The number of ether oxygens (including phenoxy) is 1. The SMILES string of the molecule is CC1COc2ccccc2C1C(F)C(=O)O. The second kappa shape index (κ2) is 4.12. The number of aliphatic carboxylic acids is 1. The Morgan fingerprint density at radius 3 is 2.94 bits per heavy atom. The van der Waals surface area contributed by atoms with Crippen LogP contribution >= 0.6 is 0 Å². The third kappa shape index (κ3) is 1.75. The van der Waals surface area contributed by atoms with Crippen LogP contribution in [0.2, 0.25) is 0 Å². The maximum atomic E-state index is 13.7. The molecule has 16 heavy (non-hydrogen) atoms. The van der Waals surface area contributed by atoms with Crippen molar-refractivity contribution >= 4 is 5.97 Å². The molecule has 1 aliphatic rings. The van der Waals surface area contributed by atoms with Crippen molar-refractivity contribution in [3.63, 3.8) is 0 Å². The van der Waals surface area contributed by atoms with E-state index >= 15 is 0 Å². The predicted octanol–water partition coefficient (Wildman–Crippen LogP) is 2.22. The van der Waals surface area contributed by atoms with Crippen molar-refractivity contribution in [3.8, 4) is 5.75 Å². The molecule has 3 unspecified atom stereocenters. The fourth-order valence-corrected chi connectivity index (χ4v) is 2.12. The minimum absolute atomic E-state index is 0.138. The summed E-state index contributed by atoms with van der Waals surface area (Å²) in [5, 5.41) is 8.76. The highest BCUT2D eigenvalue weighted by atomic mass is 19.1. The van der Waals surface area contributed by atoms with Gasteiger partial charge >= 0.3 is 5.97 Å². The number of hydrogen-bond donors (Lipinski definition) is 1. The highest BCUT2D eigenvalue weighted by Gasteiger charge is 2.38. The molecule has 0 radical (unpaired) electrons. The van der Waals surface area contributed by atoms with E-state index < -0.39 is 18.1 Å². The van der Waals surface area contributed by atoms with Crippen LogP contribution in [0.15, 0.2) is 24.3 Å². The lowest BCUT2D eigenvalue weighted by Crippen LogP contribution is -2.34. The van der Waals surface area contributed by atoms with Gasteiger partial charge in [-0.25, -0.2) is 9.18 Å². The van der Waals surface area contributed by atoms with Crippen LogP contribution < -0.4 is 4.74 Å². The lowest BCUT2D eigenvalue weighted by Gasteiger charge is -2.32. The molecule has 4 heteroatoms. The smallest absolute Gasteiger partial charge is 0.338 e. The van der Waals surface area contributed by atoms with Gasteiger partial charge in [-0.1, -0.05) is 25.1 Å². The van der Waals surface area contributed by atoms with Crippen molar-refractivity contribution in [1.29, 1.82) is 0 Å². The summed E-state index contributed by atoms with van der Waals surface area (Å²) in [6, 6.07) is 7.02. The van der Waals surface area contributed by atoms with Crippen LogP contribution in [0.5, 0.6) is 5.75 Å². The van der Waals surface area contributed by atoms with E-state index in [4.69, 9.17) is 9.84 Å². The first kappa shape index (κ1) is 10.9. The van der Waals surface area contributed by atoms with Gasteiger partial charge in [-0.05, 0) is 6.07 Å². The first-order valence-corrected chi connectivity index (χ1v) is 5.20. The second-order valence-electron chi connectivity index (χ2n) is 4.09. The molecule has 0 saturated heterocycles. The number of rotatable bonds is 2. The van der Waals surface area contributed by atoms with Crippen LogP contribution in [0.25, 0.3) is 0 Å². The molecule has 1 aromatic carbocycles. The molecule has 0 spiro atoms. The van der Waals surface area contributed by atoms with Crippen LogP contribution in [0, 0.1) is 5.92 Å². The van der Waals surface area contributed by atoms with Gasteiger partial charge in [0.1, 0.15) is 5.75 Å². The van der Waals surface area contributed by atoms with E-state index in [1.54, 1.807) is 31.2 Å². The number of benzene rings is 1. The van der Waals surface area contributed by atoms with E-state index in [1.807, 2.05) is 0 Å². The maximum Gasteiger partial charge on any atom is 0.338 e. The summed E-state index contributed by atoms with van der Waals surface area (Å²) in [6.45, 7) is 2.16. The third-order valence-electron chi connectivity index (χ3n) is 2.94. The Balaban J connectivity index is 2.40. The number of fused-ring (bicyclic) bond motifs is 1. The van der Waals surface area contributed by atoms with Gasteiger partial charge in [0.2, 0.25) is 6.17 Å². The lowest BCUT2D eigenvalue weighted by atomic mass is 9.82. The van der Waals surface area contributed by atoms with Crippen molar-refractivity contribution in [3.05, 3.63) is 29.8 Å². The summed E-state index contributed by atoms with van der Waals surface area (Å²) in [5.74, 6) is -1.58. The van der Waals surface area contributed by atoms with Crippen LogP contribution in [0.4, 0.5) is 4.39 Å². The van der Waals surface area contributed by atoms with Gasteiger partial charge in [-0.2, -0.15) is 0 Å². The highest BCUT2D eigenvalue weighted by Crippen LogP contribution is 2.39. The van der Waals surface area contributed by atoms with E-state index in [9.17, 15) is 9.18 Å². The average molecular weight is 224 g/mol. The van der Waals surface area contributed by atoms with Crippen molar-refractivity contribution in [2.24, 2.45) is 5.92 Å². The number of carboxylic acids is 1. The summed E-state index contributed by atoms with van der Waals surface area (Å²) in [6.07, 6.45) is -1.87. The Bertz CT molecular complexity index is 405. The largest absolute Gasteiger partial charge is 0.493 e. The second-order valence-corrected chi connectivity index (χ2v) is 4.09. The maximum absolute atomic E-state index is 13.7. The Morgan fingerprint density at radius 2 is 2.25 bits per heavy atom. The fourth-order valence-electron chi connectivity index (χ4n) is 2.12. The van der Waals surface area contributed by atoms with Gasteiger partial charge in [-0.15, -0.1) is 0 Å². The molecule has 0 saturated carbocycles. The molecule has 3 nitrogen and oxygen atoms in total. The Morgan fingerprint density at radius 1 is 1.56 bits per heavy atom. The molecule has 0 amide bonds. The molecule has 86 valence electrons. The molecule has 0 aromatic heterocycles. The van der Waals surface area contributed by atoms with Gasteiger partial charge in [0.05, 0.1) is 6.61 Å². The third-order valence-corrected chi connectivity index (χ3v) is 2.94. The summed E-state index contributed by atoms with van der Waals surface area (Å²) in [5.41, 5.74) is 0.649. The molecule has 1 aromatic rings. The summed E-state index contributed by atoms with van der Waals surface area (Å²) < 4.78 is 19.1. The van der Waals surface area contributed by atoms with Gasteiger partial charge in [-0.3, -0.25) is 0 Å². The van der Waals surface area contributed by atoms with Crippen LogP contribution in [-0.4, -0.2) is 23.9 Å². The lowest BCUT2D eigenvalue weighted by molar-refractivity contribution is -0.144. The van der Waals surface area contributed by atoms with E-state index in [0.29, 0.717) is 17.9 Å². The average Bonchev–Trinajstić information content (AvgIpc) is 2.28. The van der Waals surface area contributed by atoms with Crippen LogP contribution in [-0.2, 0) is 4.79 Å². The molecule has 1 aliphatic heterocycles. The topological polar surface area (TPSA) is 46.5 Å². The van der Waals surface area contributed by atoms with Crippen molar-refractivity contribution < 1.29 is 19.0 Å². The molecule has 0 bridgehead atoms. The highest BCUT2D eigenvalue weighted by molar-refractivity contribution is 5.74. The first-order valence-electron chi connectivity index (χ1n) is 5.20. The Hall–Kier alpha value is -1.58. The summed E-state index contributed by atoms with van der Waals surface area (Å²) in [4.78, 5) is 10.7. The molecular weight excluding hydrogens is 211 g/mol. The van der Waals surface area contributed by atoms with Crippen molar-refractivity contribution in [1.82, 2.24) is 0 Å². The monoisotopic (exact) mass is 224 g/mol. The molecular formula is C12H13FO3. The minimum atomic E-state index is -1.87. The standard InChI is InChI=1S/C12H13FO3/c1-7-6-16-9-5-3-2-4-8(9)10(7)11(13)12(14)15/h2-5,7,10-11H,6H2,1H3,(H,14,15). The van der Waals surface area contributed by atoms with E-state index in [1.165, 1.54) is 0 Å². The Kier molecular flexibility index (Phi) is 2.81. The quantitative estimate of drug-likeness (QED) is 0.837. The van der Waals surface area contributed by atoms with Crippen molar-refractivity contribution in [2.75, 3.05) is 6.61 Å². The van der Waals surface area contributed by atoms with Crippen LogP contribution in [0.1, 0.15) is 18.4 Å². The van der Waals surface area contributed by atoms with Crippen LogP contribution in [0.3, 0.4) is 0 Å². The van der Waals surface area contributed by atoms with Gasteiger partial charge in [0.25, 0.3) is 0 Å². The number of para-hydroxylation sites is 1. The van der Waals surface area contributed by atoms with Crippen molar-refractivity contribution in [2.45, 2.75) is 19.0 Å². The number of halogens is 1. The fraction of sp³-hybridized carbons (Fsp3) is 0.417. The number of hydrogen-bond acceptors (Lipinski definition) is 2. The predicted molar refractivity (Wildman–Crippen MR) is 56.4 cm³/mol. The molecule has 0 aliphatic carbocycles. The van der Waals surface area contributed by atoms with Gasteiger partial charge in [0, 0.05) is 17.4 Å². The zero-order valence-corrected chi connectivity index (χ0v) is 8.89. The van der Waals surface area contributed by atoms with E-state index in [-0.39, 0.29) is 5.92 Å². The van der Waals surface area contributed by atoms with Gasteiger partial charge < -0.3 is 9.84 Å². The number of carboxylic acid groups (broad SMARTS) is 1. The van der Waals surface area contributed by atoms with E-state index in [2.05, 4.69) is 0 Å². The van der Waals surface area contributed by atoms with Gasteiger partial charge in [0.15, 0.2) is 0 Å². The summed E-state index contributed by atoms with van der Waals surface area (Å²) >= 11 is 0. The first-order chi connectivity index (χ1) is 7.61. The zero-order chi connectivity index (χ0) is 11.7.